The summed E-state index contributed by atoms with van der Waals surface area (Å²) in [7, 11) is 0. The Morgan fingerprint density at radius 2 is 2.23 bits per heavy atom. The van der Waals surface area contributed by atoms with Crippen LogP contribution in [0, 0.1) is 5.82 Å². The summed E-state index contributed by atoms with van der Waals surface area (Å²) < 4.78 is 13.0. The standard InChI is InChI=1S/C16H16FN3O2/c17-12-3-4-13(15(21)8-12)16(22)20-7-1-2-11(9-20)14-5-6-18-10-19-14/h3-6,8,10-11,21H,1-2,7,9H2. The van der Waals surface area contributed by atoms with Crippen molar-refractivity contribution in [2.45, 2.75) is 18.8 Å². The molecule has 2 heterocycles. The van der Waals surface area contributed by atoms with Crippen LogP contribution in [0.2, 0.25) is 0 Å². The van der Waals surface area contributed by atoms with Gasteiger partial charge in [0.15, 0.2) is 0 Å². The van der Waals surface area contributed by atoms with Gasteiger partial charge < -0.3 is 10.0 Å². The Morgan fingerprint density at radius 1 is 1.36 bits per heavy atom. The van der Waals surface area contributed by atoms with E-state index in [0.717, 1.165) is 24.6 Å². The molecule has 0 saturated carbocycles. The van der Waals surface area contributed by atoms with Crippen LogP contribution in [0.5, 0.6) is 5.75 Å². The van der Waals surface area contributed by atoms with E-state index >= 15 is 0 Å². The second-order valence-electron chi connectivity index (χ2n) is 5.39. The third-order valence-corrected chi connectivity index (χ3v) is 3.92. The number of amides is 1. The quantitative estimate of drug-likeness (QED) is 0.924. The van der Waals surface area contributed by atoms with Gasteiger partial charge in [0.05, 0.1) is 5.56 Å². The molecule has 1 aliphatic heterocycles. The van der Waals surface area contributed by atoms with Crippen molar-refractivity contribution in [2.75, 3.05) is 13.1 Å². The van der Waals surface area contributed by atoms with E-state index in [-0.39, 0.29) is 23.1 Å². The molecule has 1 saturated heterocycles. The van der Waals surface area contributed by atoms with Crippen LogP contribution in [0.4, 0.5) is 4.39 Å². The average Bonchev–Trinajstić information content (AvgIpc) is 2.55. The number of benzene rings is 1. The number of phenolic OH excluding ortho intramolecular Hbond substituents is 1. The average molecular weight is 301 g/mol. The number of phenols is 1. The fourth-order valence-corrected chi connectivity index (χ4v) is 2.80. The molecule has 22 heavy (non-hydrogen) atoms. The SMILES string of the molecule is O=C(c1ccc(F)cc1O)N1CCCC(c2ccncn2)C1. The van der Waals surface area contributed by atoms with Gasteiger partial charge in [0.25, 0.3) is 5.91 Å². The predicted octanol–water partition coefficient (Wildman–Crippen LogP) is 2.34. The maximum Gasteiger partial charge on any atom is 0.257 e. The van der Waals surface area contributed by atoms with Crippen LogP contribution in [-0.4, -0.2) is 39.0 Å². The molecule has 1 aromatic carbocycles. The van der Waals surface area contributed by atoms with Gasteiger partial charge in [-0.25, -0.2) is 14.4 Å². The monoisotopic (exact) mass is 301 g/mol. The number of piperidine rings is 1. The van der Waals surface area contributed by atoms with Crippen molar-refractivity contribution in [3.8, 4) is 5.75 Å². The lowest BCUT2D eigenvalue weighted by Gasteiger charge is -2.32. The molecule has 3 rings (SSSR count). The normalized spacial score (nSPS) is 18.2. The highest BCUT2D eigenvalue weighted by Gasteiger charge is 2.27. The molecule has 6 heteroatoms. The lowest BCUT2D eigenvalue weighted by molar-refractivity contribution is 0.0702. The van der Waals surface area contributed by atoms with E-state index in [4.69, 9.17) is 0 Å². The summed E-state index contributed by atoms with van der Waals surface area (Å²) in [6, 6.07) is 5.31. The largest absolute Gasteiger partial charge is 0.507 e. The van der Waals surface area contributed by atoms with Crippen molar-refractivity contribution in [1.29, 1.82) is 0 Å². The van der Waals surface area contributed by atoms with Crippen molar-refractivity contribution in [1.82, 2.24) is 14.9 Å². The highest BCUT2D eigenvalue weighted by molar-refractivity contribution is 5.96. The smallest absolute Gasteiger partial charge is 0.257 e. The Balaban J connectivity index is 1.78. The molecule has 1 atom stereocenters. The van der Waals surface area contributed by atoms with Crippen molar-refractivity contribution in [3.05, 3.63) is 53.9 Å². The highest BCUT2D eigenvalue weighted by atomic mass is 19.1. The van der Waals surface area contributed by atoms with Crippen molar-refractivity contribution in [2.24, 2.45) is 0 Å². The molecule has 1 amide bonds. The molecule has 0 aliphatic carbocycles. The zero-order valence-corrected chi connectivity index (χ0v) is 11.9. The second-order valence-corrected chi connectivity index (χ2v) is 5.39. The Labute approximate surface area is 127 Å². The fourth-order valence-electron chi connectivity index (χ4n) is 2.80. The summed E-state index contributed by atoms with van der Waals surface area (Å²) in [6.07, 6.45) is 5.01. The van der Waals surface area contributed by atoms with Gasteiger partial charge in [-0.1, -0.05) is 0 Å². The molecule has 1 aliphatic rings. The van der Waals surface area contributed by atoms with Gasteiger partial charge in [0.2, 0.25) is 0 Å². The number of likely N-dealkylation sites (tertiary alicyclic amines) is 1. The summed E-state index contributed by atoms with van der Waals surface area (Å²) in [5.74, 6) is -1.01. The third kappa shape index (κ3) is 2.90. The Kier molecular flexibility index (Phi) is 4.00. The molecule has 0 radical (unpaired) electrons. The van der Waals surface area contributed by atoms with Crippen LogP contribution in [0.1, 0.15) is 34.8 Å². The first kappa shape index (κ1) is 14.4. The predicted molar refractivity (Wildman–Crippen MR) is 78.0 cm³/mol. The number of aromatic nitrogens is 2. The minimum Gasteiger partial charge on any atom is -0.507 e. The Bertz CT molecular complexity index is 678. The van der Waals surface area contributed by atoms with Gasteiger partial charge >= 0.3 is 0 Å². The van der Waals surface area contributed by atoms with Gasteiger partial charge in [0.1, 0.15) is 17.9 Å². The number of nitrogens with zero attached hydrogens (tertiary/aromatic N) is 3. The number of halogens is 1. The van der Waals surface area contributed by atoms with Crippen molar-refractivity contribution in [3.63, 3.8) is 0 Å². The lowest BCUT2D eigenvalue weighted by Crippen LogP contribution is -2.39. The Morgan fingerprint density at radius 3 is 2.95 bits per heavy atom. The molecule has 0 bridgehead atoms. The van der Waals surface area contributed by atoms with Crippen LogP contribution >= 0.6 is 0 Å². The number of aromatic hydroxyl groups is 1. The molecule has 114 valence electrons. The summed E-state index contributed by atoms with van der Waals surface area (Å²) in [5.41, 5.74) is 1.04. The molecule has 1 aromatic heterocycles. The lowest BCUT2D eigenvalue weighted by atomic mass is 9.94. The van der Waals surface area contributed by atoms with E-state index in [1.54, 1.807) is 11.1 Å². The van der Waals surface area contributed by atoms with Gasteiger partial charge in [0, 0.05) is 37.0 Å². The van der Waals surface area contributed by atoms with E-state index in [1.165, 1.54) is 18.5 Å². The Hall–Kier alpha value is -2.50. The molecule has 1 fully saturated rings. The maximum absolute atomic E-state index is 13.0. The molecule has 5 nitrogen and oxygen atoms in total. The van der Waals surface area contributed by atoms with Gasteiger partial charge in [-0.05, 0) is 31.0 Å². The maximum atomic E-state index is 13.0. The molecular formula is C16H16FN3O2. The van der Waals surface area contributed by atoms with Crippen molar-refractivity contribution >= 4 is 5.91 Å². The molecule has 1 N–H and O–H groups in total. The highest BCUT2D eigenvalue weighted by Crippen LogP contribution is 2.28. The number of rotatable bonds is 2. The van der Waals surface area contributed by atoms with Gasteiger partial charge in [-0.3, -0.25) is 4.79 Å². The topological polar surface area (TPSA) is 66.3 Å². The number of hydrogen-bond acceptors (Lipinski definition) is 4. The fraction of sp³-hybridized carbons (Fsp3) is 0.312. The minimum atomic E-state index is -0.563. The molecular weight excluding hydrogens is 285 g/mol. The summed E-state index contributed by atoms with van der Waals surface area (Å²) in [5, 5.41) is 9.77. The summed E-state index contributed by atoms with van der Waals surface area (Å²) in [6.45, 7) is 1.16. The van der Waals surface area contributed by atoms with Gasteiger partial charge in [-0.15, -0.1) is 0 Å². The second kappa shape index (κ2) is 6.09. The van der Waals surface area contributed by atoms with E-state index < -0.39 is 5.82 Å². The van der Waals surface area contributed by atoms with Crippen molar-refractivity contribution < 1.29 is 14.3 Å². The van der Waals surface area contributed by atoms with Crippen LogP contribution < -0.4 is 0 Å². The summed E-state index contributed by atoms with van der Waals surface area (Å²) in [4.78, 5) is 22.4. The molecule has 1 unspecified atom stereocenters. The van der Waals surface area contributed by atoms with Crippen LogP contribution in [0.15, 0.2) is 36.8 Å². The number of hydrogen-bond donors (Lipinski definition) is 1. The number of carbonyl (C=O) groups is 1. The van der Waals surface area contributed by atoms with Crippen LogP contribution in [0.3, 0.4) is 0 Å². The van der Waals surface area contributed by atoms with E-state index in [9.17, 15) is 14.3 Å². The van der Waals surface area contributed by atoms with Gasteiger partial charge in [-0.2, -0.15) is 0 Å². The first-order valence-electron chi connectivity index (χ1n) is 7.19. The minimum absolute atomic E-state index is 0.129. The first-order valence-corrected chi connectivity index (χ1v) is 7.19. The van der Waals surface area contributed by atoms with Crippen LogP contribution in [0.25, 0.3) is 0 Å². The molecule has 2 aromatic rings. The zero-order valence-electron chi connectivity index (χ0n) is 11.9. The van der Waals surface area contributed by atoms with E-state index in [1.807, 2.05) is 6.07 Å². The van der Waals surface area contributed by atoms with Crippen LogP contribution in [-0.2, 0) is 0 Å². The summed E-state index contributed by atoms with van der Waals surface area (Å²) >= 11 is 0. The first-order chi connectivity index (χ1) is 10.6. The van der Waals surface area contributed by atoms with E-state index in [0.29, 0.717) is 13.1 Å². The zero-order chi connectivity index (χ0) is 15.5. The number of carbonyl (C=O) groups excluding carboxylic acids is 1. The molecule has 0 spiro atoms. The van der Waals surface area contributed by atoms with E-state index in [2.05, 4.69) is 9.97 Å². The third-order valence-electron chi connectivity index (χ3n) is 3.92.